The SMILES string of the molecule is O=C(Cc1cccc(-c2cnc3cc(Cl)ccn23)c1)Oc1ccc([N+](=O)[O-])cc1. The lowest BCUT2D eigenvalue weighted by Gasteiger charge is -2.07. The highest BCUT2D eigenvalue weighted by molar-refractivity contribution is 6.30. The van der Waals surface area contributed by atoms with E-state index in [-0.39, 0.29) is 17.9 Å². The summed E-state index contributed by atoms with van der Waals surface area (Å²) in [5, 5.41) is 11.3. The van der Waals surface area contributed by atoms with Crippen LogP contribution in [0.5, 0.6) is 5.75 Å². The molecule has 0 spiro atoms. The maximum atomic E-state index is 12.3. The van der Waals surface area contributed by atoms with Gasteiger partial charge in [-0.3, -0.25) is 19.3 Å². The van der Waals surface area contributed by atoms with Crippen molar-refractivity contribution in [3.05, 3.63) is 93.8 Å². The van der Waals surface area contributed by atoms with Crippen molar-refractivity contribution in [2.45, 2.75) is 6.42 Å². The third-order valence-corrected chi connectivity index (χ3v) is 4.56. The Kier molecular flexibility index (Phi) is 4.97. The van der Waals surface area contributed by atoms with Gasteiger partial charge in [0.25, 0.3) is 5.69 Å². The molecule has 0 saturated heterocycles. The maximum absolute atomic E-state index is 12.3. The van der Waals surface area contributed by atoms with Gasteiger partial charge in [-0.15, -0.1) is 0 Å². The Labute approximate surface area is 170 Å². The lowest BCUT2D eigenvalue weighted by molar-refractivity contribution is -0.384. The molecule has 2 heterocycles. The van der Waals surface area contributed by atoms with Gasteiger partial charge in [-0.1, -0.05) is 29.8 Å². The number of rotatable bonds is 5. The summed E-state index contributed by atoms with van der Waals surface area (Å²) >= 11 is 6.01. The molecule has 7 nitrogen and oxygen atoms in total. The highest BCUT2D eigenvalue weighted by Gasteiger charge is 2.11. The van der Waals surface area contributed by atoms with E-state index >= 15 is 0 Å². The second kappa shape index (κ2) is 7.73. The first-order valence-corrected chi connectivity index (χ1v) is 9.04. The van der Waals surface area contributed by atoms with Crippen LogP contribution in [0.4, 0.5) is 5.69 Å². The van der Waals surface area contributed by atoms with Gasteiger partial charge >= 0.3 is 5.97 Å². The number of ether oxygens (including phenoxy) is 1. The average molecular weight is 408 g/mol. The minimum atomic E-state index is -0.509. The number of fused-ring (bicyclic) bond motifs is 1. The van der Waals surface area contributed by atoms with Crippen molar-refractivity contribution in [1.82, 2.24) is 9.38 Å². The zero-order chi connectivity index (χ0) is 20.4. The highest BCUT2D eigenvalue weighted by atomic mass is 35.5. The number of nitrogens with zero attached hydrogens (tertiary/aromatic N) is 3. The standard InChI is InChI=1S/C21H14ClN3O4/c22-16-8-9-24-19(13-23-20(24)12-16)15-3-1-2-14(10-15)11-21(26)29-18-6-4-17(5-7-18)25(27)28/h1-10,12-13H,11H2. The smallest absolute Gasteiger partial charge is 0.315 e. The number of esters is 1. The molecule has 0 bridgehead atoms. The third kappa shape index (κ3) is 4.09. The number of nitro groups is 1. The van der Waals surface area contributed by atoms with E-state index in [4.69, 9.17) is 16.3 Å². The van der Waals surface area contributed by atoms with Crippen LogP contribution in [0.15, 0.2) is 73.1 Å². The summed E-state index contributed by atoms with van der Waals surface area (Å²) < 4.78 is 7.19. The number of benzene rings is 2. The molecule has 0 aliphatic rings. The molecule has 4 rings (SSSR count). The first-order valence-electron chi connectivity index (χ1n) is 8.67. The number of carbonyl (C=O) groups is 1. The van der Waals surface area contributed by atoms with Crippen LogP contribution in [-0.2, 0) is 11.2 Å². The van der Waals surface area contributed by atoms with Crippen molar-refractivity contribution in [1.29, 1.82) is 0 Å². The minimum Gasteiger partial charge on any atom is -0.426 e. The molecule has 0 amide bonds. The Balaban J connectivity index is 1.51. The van der Waals surface area contributed by atoms with Crippen LogP contribution < -0.4 is 4.74 Å². The van der Waals surface area contributed by atoms with Gasteiger partial charge in [0.15, 0.2) is 0 Å². The lowest BCUT2D eigenvalue weighted by Crippen LogP contribution is -2.11. The topological polar surface area (TPSA) is 86.7 Å². The van der Waals surface area contributed by atoms with Gasteiger partial charge in [0.2, 0.25) is 0 Å². The molecule has 4 aromatic rings. The van der Waals surface area contributed by atoms with Gasteiger partial charge < -0.3 is 4.74 Å². The first-order chi connectivity index (χ1) is 14.0. The summed E-state index contributed by atoms with van der Waals surface area (Å²) in [6.45, 7) is 0. The van der Waals surface area contributed by atoms with E-state index < -0.39 is 10.9 Å². The fourth-order valence-electron chi connectivity index (χ4n) is 2.98. The normalized spacial score (nSPS) is 10.8. The van der Waals surface area contributed by atoms with Crippen molar-refractivity contribution < 1.29 is 14.5 Å². The second-order valence-electron chi connectivity index (χ2n) is 6.32. The van der Waals surface area contributed by atoms with Crippen molar-refractivity contribution in [3.8, 4) is 17.0 Å². The fraction of sp³-hybridized carbons (Fsp3) is 0.0476. The number of imidazole rings is 1. The number of halogens is 1. The van der Waals surface area contributed by atoms with Crippen LogP contribution in [0.1, 0.15) is 5.56 Å². The summed E-state index contributed by atoms with van der Waals surface area (Å²) in [4.78, 5) is 26.8. The van der Waals surface area contributed by atoms with Crippen molar-refractivity contribution >= 4 is 28.9 Å². The Hall–Kier alpha value is -3.71. The van der Waals surface area contributed by atoms with Gasteiger partial charge in [-0.05, 0) is 29.8 Å². The van der Waals surface area contributed by atoms with Gasteiger partial charge in [0.05, 0.1) is 23.2 Å². The number of pyridine rings is 1. The summed E-state index contributed by atoms with van der Waals surface area (Å²) in [6.07, 6.45) is 3.66. The molecule has 0 fully saturated rings. The predicted octanol–water partition coefficient (Wildman–Crippen LogP) is 4.71. The molecule has 0 aliphatic carbocycles. The molecule has 29 heavy (non-hydrogen) atoms. The molecule has 0 unspecified atom stereocenters. The maximum Gasteiger partial charge on any atom is 0.315 e. The average Bonchev–Trinajstić information content (AvgIpc) is 3.11. The Bertz CT molecular complexity index is 1220. The summed E-state index contributed by atoms with van der Waals surface area (Å²) in [5.41, 5.74) is 3.23. The van der Waals surface area contributed by atoms with Gasteiger partial charge in [0.1, 0.15) is 11.4 Å². The number of hydrogen-bond donors (Lipinski definition) is 0. The van der Waals surface area contributed by atoms with E-state index in [2.05, 4.69) is 4.98 Å². The van der Waals surface area contributed by atoms with Crippen molar-refractivity contribution in [3.63, 3.8) is 0 Å². The van der Waals surface area contributed by atoms with Gasteiger partial charge in [-0.2, -0.15) is 0 Å². The predicted molar refractivity (Wildman–Crippen MR) is 108 cm³/mol. The lowest BCUT2D eigenvalue weighted by atomic mass is 10.1. The van der Waals surface area contributed by atoms with Crippen LogP contribution in [0, 0.1) is 10.1 Å². The summed E-state index contributed by atoms with van der Waals surface area (Å²) in [7, 11) is 0. The van der Waals surface area contributed by atoms with Crippen LogP contribution in [0.3, 0.4) is 0 Å². The third-order valence-electron chi connectivity index (χ3n) is 4.33. The second-order valence-corrected chi connectivity index (χ2v) is 6.76. The number of nitro benzene ring substituents is 1. The molecule has 2 aromatic carbocycles. The monoisotopic (exact) mass is 407 g/mol. The molecule has 0 radical (unpaired) electrons. The van der Waals surface area contributed by atoms with Crippen LogP contribution >= 0.6 is 11.6 Å². The zero-order valence-corrected chi connectivity index (χ0v) is 15.7. The Morgan fingerprint density at radius 3 is 2.69 bits per heavy atom. The molecule has 8 heteroatoms. The van der Waals surface area contributed by atoms with Gasteiger partial charge in [-0.25, -0.2) is 4.98 Å². The number of hydrogen-bond acceptors (Lipinski definition) is 5. The zero-order valence-electron chi connectivity index (χ0n) is 15.0. The first kappa shape index (κ1) is 18.6. The number of non-ortho nitro benzene ring substituents is 1. The van der Waals surface area contributed by atoms with E-state index in [1.165, 1.54) is 24.3 Å². The number of aromatic nitrogens is 2. The minimum absolute atomic E-state index is 0.0629. The van der Waals surface area contributed by atoms with E-state index in [0.717, 1.165) is 22.5 Å². The van der Waals surface area contributed by atoms with E-state index in [1.807, 2.05) is 34.9 Å². The molecule has 144 valence electrons. The largest absolute Gasteiger partial charge is 0.426 e. The van der Waals surface area contributed by atoms with Crippen LogP contribution in [-0.4, -0.2) is 20.3 Å². The molecule has 0 saturated carbocycles. The van der Waals surface area contributed by atoms with Crippen LogP contribution in [0.2, 0.25) is 5.02 Å². The molecule has 0 N–H and O–H groups in total. The Morgan fingerprint density at radius 1 is 1.14 bits per heavy atom. The molecule has 0 atom stereocenters. The number of carbonyl (C=O) groups excluding carboxylic acids is 1. The summed E-state index contributed by atoms with van der Waals surface area (Å²) in [5.74, 6) is -0.198. The molecule has 2 aromatic heterocycles. The fourth-order valence-corrected chi connectivity index (χ4v) is 3.13. The Morgan fingerprint density at radius 2 is 1.93 bits per heavy atom. The highest BCUT2D eigenvalue weighted by Crippen LogP contribution is 2.24. The van der Waals surface area contributed by atoms with Crippen molar-refractivity contribution in [2.24, 2.45) is 0 Å². The van der Waals surface area contributed by atoms with Crippen LogP contribution in [0.25, 0.3) is 16.9 Å². The van der Waals surface area contributed by atoms with Gasteiger partial charge in [0, 0.05) is 35.0 Å². The van der Waals surface area contributed by atoms with Crippen molar-refractivity contribution in [2.75, 3.05) is 0 Å². The molecular formula is C21H14ClN3O4. The van der Waals surface area contributed by atoms with E-state index in [1.54, 1.807) is 18.3 Å². The molecular weight excluding hydrogens is 394 g/mol. The van der Waals surface area contributed by atoms with E-state index in [0.29, 0.717) is 5.02 Å². The quantitative estimate of drug-likeness (QED) is 0.207. The molecule has 0 aliphatic heterocycles. The van der Waals surface area contributed by atoms with E-state index in [9.17, 15) is 14.9 Å². The summed E-state index contributed by atoms with van der Waals surface area (Å²) in [6, 6.07) is 16.5.